The van der Waals surface area contributed by atoms with Crippen LogP contribution in [0.1, 0.15) is 31.2 Å². The van der Waals surface area contributed by atoms with E-state index in [0.717, 1.165) is 19.3 Å². The summed E-state index contributed by atoms with van der Waals surface area (Å²) in [6.07, 6.45) is 7.21. The van der Waals surface area contributed by atoms with E-state index in [9.17, 15) is 0 Å². The zero-order valence-corrected chi connectivity index (χ0v) is 11.0. The topological polar surface area (TPSA) is 44.6 Å². The highest BCUT2D eigenvalue weighted by Gasteiger charge is 1.99. The molecule has 0 unspecified atom stereocenters. The highest BCUT2D eigenvalue weighted by atomic mass is 16.5. The number of unbranched alkanes of at least 4 members (excludes halogenated alkanes) is 3. The lowest BCUT2D eigenvalue weighted by Crippen LogP contribution is -1.95. The van der Waals surface area contributed by atoms with E-state index in [1.807, 2.05) is 0 Å². The first kappa shape index (κ1) is 13.6. The molecule has 2 N–H and O–H groups in total. The lowest BCUT2D eigenvalue weighted by molar-refractivity contribution is 0.172. The minimum Gasteiger partial charge on any atom is -0.274 e. The lowest BCUT2D eigenvalue weighted by Gasteiger charge is -2.06. The summed E-state index contributed by atoms with van der Waals surface area (Å²) >= 11 is 0. The van der Waals surface area contributed by atoms with E-state index in [1.54, 1.807) is 11.8 Å². The second-order valence-corrected chi connectivity index (χ2v) is 4.65. The van der Waals surface area contributed by atoms with Gasteiger partial charge in [0.2, 0.25) is 0 Å². The van der Waals surface area contributed by atoms with Gasteiger partial charge in [0.25, 0.3) is 0 Å². The van der Waals surface area contributed by atoms with Crippen molar-refractivity contribution in [1.29, 1.82) is 0 Å². The Hall–Kier alpha value is -1.87. The van der Waals surface area contributed by atoms with Gasteiger partial charge in [-0.05, 0) is 42.0 Å². The van der Waals surface area contributed by atoms with Crippen molar-refractivity contribution >= 4 is 17.0 Å². The number of benzene rings is 2. The van der Waals surface area contributed by atoms with E-state index in [0.29, 0.717) is 0 Å². The molecule has 2 aromatic rings. The summed E-state index contributed by atoms with van der Waals surface area (Å²) in [7, 11) is 0. The Morgan fingerprint density at radius 3 is 2.74 bits per heavy atom. The summed E-state index contributed by atoms with van der Waals surface area (Å²) in [4.78, 5) is 0. The first-order valence-corrected chi connectivity index (χ1v) is 6.79. The third kappa shape index (κ3) is 4.07. The van der Waals surface area contributed by atoms with Crippen LogP contribution in [0.15, 0.2) is 47.6 Å². The van der Waals surface area contributed by atoms with Gasteiger partial charge in [-0.2, -0.15) is 10.7 Å². The Balaban J connectivity index is 1.83. The van der Waals surface area contributed by atoms with E-state index < -0.39 is 0 Å². The Kier molecular flexibility index (Phi) is 5.38. The van der Waals surface area contributed by atoms with Gasteiger partial charge in [-0.3, -0.25) is 5.21 Å². The summed E-state index contributed by atoms with van der Waals surface area (Å²) in [6.45, 7) is 0. The van der Waals surface area contributed by atoms with Crippen LogP contribution < -0.4 is 5.59 Å². The van der Waals surface area contributed by atoms with Gasteiger partial charge < -0.3 is 0 Å². The van der Waals surface area contributed by atoms with Gasteiger partial charge in [0.1, 0.15) is 0 Å². The summed E-state index contributed by atoms with van der Waals surface area (Å²) in [5.74, 6) is 0. The van der Waals surface area contributed by atoms with Gasteiger partial charge in [0.05, 0.1) is 0 Å². The monoisotopic (exact) mass is 256 g/mol. The first-order valence-electron chi connectivity index (χ1n) is 6.79. The zero-order valence-electron chi connectivity index (χ0n) is 11.0. The smallest absolute Gasteiger partial charge is 0.0267 e. The molecule has 0 aliphatic rings. The molecule has 3 nitrogen and oxygen atoms in total. The molecule has 0 aliphatic carbocycles. The fourth-order valence-electron chi connectivity index (χ4n) is 2.34. The molecular formula is C16H20N2O. The van der Waals surface area contributed by atoms with Crippen LogP contribution in [-0.2, 0) is 6.42 Å². The van der Waals surface area contributed by atoms with Crippen molar-refractivity contribution < 1.29 is 5.21 Å². The lowest BCUT2D eigenvalue weighted by atomic mass is 9.99. The van der Waals surface area contributed by atoms with Crippen LogP contribution in [0.4, 0.5) is 0 Å². The number of nitrogens with one attached hydrogen (secondary N) is 1. The molecule has 0 saturated carbocycles. The van der Waals surface area contributed by atoms with Crippen molar-refractivity contribution in [2.24, 2.45) is 5.10 Å². The third-order valence-electron chi connectivity index (χ3n) is 3.31. The summed E-state index contributed by atoms with van der Waals surface area (Å²) in [5, 5.41) is 14.5. The first-order chi connectivity index (χ1) is 9.42. The van der Waals surface area contributed by atoms with Crippen molar-refractivity contribution in [3.63, 3.8) is 0 Å². The molecule has 0 heterocycles. The minimum atomic E-state index is 0.906. The summed E-state index contributed by atoms with van der Waals surface area (Å²) < 4.78 is 0. The van der Waals surface area contributed by atoms with Gasteiger partial charge in [0.15, 0.2) is 0 Å². The molecule has 0 radical (unpaired) electrons. The maximum atomic E-state index is 8.27. The number of rotatable bonds is 7. The van der Waals surface area contributed by atoms with Crippen LogP contribution in [-0.4, -0.2) is 11.4 Å². The molecule has 0 spiro atoms. The van der Waals surface area contributed by atoms with Gasteiger partial charge in [-0.1, -0.05) is 48.9 Å². The fourth-order valence-corrected chi connectivity index (χ4v) is 2.34. The van der Waals surface area contributed by atoms with E-state index in [1.165, 1.54) is 29.2 Å². The van der Waals surface area contributed by atoms with Crippen molar-refractivity contribution in [3.05, 3.63) is 48.0 Å². The van der Waals surface area contributed by atoms with Crippen molar-refractivity contribution in [1.82, 2.24) is 5.59 Å². The third-order valence-corrected chi connectivity index (χ3v) is 3.31. The average Bonchev–Trinajstić information content (AvgIpc) is 2.46. The average molecular weight is 256 g/mol. The Bertz CT molecular complexity index is 532. The molecule has 2 aromatic carbocycles. The van der Waals surface area contributed by atoms with E-state index in [2.05, 4.69) is 47.6 Å². The molecule has 0 atom stereocenters. The highest BCUT2D eigenvalue weighted by molar-refractivity contribution is 5.85. The van der Waals surface area contributed by atoms with Gasteiger partial charge in [-0.15, -0.1) is 0 Å². The number of hydrogen-bond acceptors (Lipinski definition) is 3. The number of aryl methyl sites for hydroxylation is 1. The van der Waals surface area contributed by atoms with Crippen LogP contribution in [0.5, 0.6) is 0 Å². The van der Waals surface area contributed by atoms with Crippen LogP contribution >= 0.6 is 0 Å². The highest BCUT2D eigenvalue weighted by Crippen LogP contribution is 2.20. The molecule has 0 aromatic heterocycles. The predicted octanol–water partition coefficient (Wildman–Crippen LogP) is 3.91. The quantitative estimate of drug-likeness (QED) is 0.448. The molecule has 0 aliphatic heterocycles. The van der Waals surface area contributed by atoms with Crippen LogP contribution in [0, 0.1) is 0 Å². The van der Waals surface area contributed by atoms with Gasteiger partial charge in [-0.25, -0.2) is 0 Å². The maximum absolute atomic E-state index is 8.27. The SMILES string of the molecule is ONN=CCCCCCc1cccc2ccccc12. The Labute approximate surface area is 113 Å². The second kappa shape index (κ2) is 7.54. The molecule has 0 bridgehead atoms. The van der Waals surface area contributed by atoms with E-state index >= 15 is 0 Å². The normalized spacial score (nSPS) is 11.2. The predicted molar refractivity (Wildman–Crippen MR) is 79.5 cm³/mol. The number of hydrogen-bond donors (Lipinski definition) is 2. The summed E-state index contributed by atoms with van der Waals surface area (Å²) in [5.41, 5.74) is 3.21. The molecule has 3 heteroatoms. The van der Waals surface area contributed by atoms with Crippen molar-refractivity contribution in [2.75, 3.05) is 0 Å². The standard InChI is InChI=1S/C16H20N2O/c19-18-17-13-6-2-1-3-8-14-10-7-11-15-9-4-5-12-16(14)15/h4-5,7,9-13,18-19H,1-3,6,8H2. The van der Waals surface area contributed by atoms with Gasteiger partial charge >= 0.3 is 0 Å². The maximum Gasteiger partial charge on any atom is 0.0267 e. The Morgan fingerprint density at radius 1 is 1.00 bits per heavy atom. The van der Waals surface area contributed by atoms with Crippen molar-refractivity contribution in [2.45, 2.75) is 32.1 Å². The molecule has 19 heavy (non-hydrogen) atoms. The number of fused-ring (bicyclic) bond motifs is 1. The largest absolute Gasteiger partial charge is 0.274 e. The molecule has 0 saturated heterocycles. The number of hydrazone groups is 1. The van der Waals surface area contributed by atoms with Crippen molar-refractivity contribution in [3.8, 4) is 0 Å². The van der Waals surface area contributed by atoms with Crippen LogP contribution in [0.3, 0.4) is 0 Å². The van der Waals surface area contributed by atoms with Gasteiger partial charge in [0, 0.05) is 6.21 Å². The summed E-state index contributed by atoms with van der Waals surface area (Å²) in [6, 6.07) is 15.1. The second-order valence-electron chi connectivity index (χ2n) is 4.65. The van der Waals surface area contributed by atoms with E-state index in [-0.39, 0.29) is 0 Å². The molecular weight excluding hydrogens is 236 g/mol. The van der Waals surface area contributed by atoms with E-state index in [4.69, 9.17) is 5.21 Å². The zero-order chi connectivity index (χ0) is 13.3. The van der Waals surface area contributed by atoms with Crippen LogP contribution in [0.25, 0.3) is 10.8 Å². The minimum absolute atomic E-state index is 0.906. The Morgan fingerprint density at radius 2 is 1.84 bits per heavy atom. The molecule has 0 fully saturated rings. The molecule has 2 rings (SSSR count). The van der Waals surface area contributed by atoms with Crippen LogP contribution in [0.2, 0.25) is 0 Å². The number of nitrogens with zero attached hydrogens (tertiary/aromatic N) is 1. The fraction of sp³-hybridized carbons (Fsp3) is 0.312. The molecule has 100 valence electrons. The molecule has 0 amide bonds.